The minimum Gasteiger partial charge on any atom is -0.494 e. The van der Waals surface area contributed by atoms with E-state index in [0.29, 0.717) is 24.3 Å². The van der Waals surface area contributed by atoms with Gasteiger partial charge in [-0.3, -0.25) is 15.0 Å². The highest BCUT2D eigenvalue weighted by Gasteiger charge is 2.12. The number of hydrazine groups is 1. The van der Waals surface area contributed by atoms with Crippen LogP contribution >= 0.6 is 0 Å². The van der Waals surface area contributed by atoms with Gasteiger partial charge in [-0.2, -0.15) is 0 Å². The molecule has 2 amide bonds. The Labute approximate surface area is 100 Å². The van der Waals surface area contributed by atoms with Crippen molar-refractivity contribution in [3.63, 3.8) is 0 Å². The van der Waals surface area contributed by atoms with Crippen molar-refractivity contribution in [1.82, 2.24) is 5.43 Å². The number of hydrogen-bond donors (Lipinski definition) is 1. The van der Waals surface area contributed by atoms with Gasteiger partial charge >= 0.3 is 0 Å². The second-order valence-electron chi connectivity index (χ2n) is 3.43. The molecule has 92 valence electrons. The molecule has 0 heterocycles. The monoisotopic (exact) mass is 236 g/mol. The summed E-state index contributed by atoms with van der Waals surface area (Å²) in [5.74, 6) is 0.321. The van der Waals surface area contributed by atoms with Crippen LogP contribution in [0.3, 0.4) is 0 Å². The molecule has 0 unspecified atom stereocenters. The Balaban J connectivity index is 2.86. The SMILES string of the molecule is CCCC(=O)NN(C=O)c1ccccc1OC. The fourth-order valence-corrected chi connectivity index (χ4v) is 1.39. The number of rotatable bonds is 6. The Bertz CT molecular complexity index is 393. The maximum absolute atomic E-state index is 11.4. The molecule has 0 atom stereocenters. The molecule has 1 aromatic carbocycles. The standard InChI is InChI=1S/C12H16N2O3/c1-3-6-12(16)13-14(9-15)10-7-4-5-8-11(10)17-2/h4-5,7-9H,3,6H2,1-2H3,(H,13,16). The molecule has 0 fully saturated rings. The molecule has 1 rings (SSSR count). The molecule has 0 spiro atoms. The third-order valence-electron chi connectivity index (χ3n) is 2.17. The summed E-state index contributed by atoms with van der Waals surface area (Å²) in [6.07, 6.45) is 1.65. The van der Waals surface area contributed by atoms with Gasteiger partial charge in [-0.1, -0.05) is 19.1 Å². The molecule has 1 N–H and O–H groups in total. The van der Waals surface area contributed by atoms with Gasteiger partial charge in [-0.15, -0.1) is 0 Å². The van der Waals surface area contributed by atoms with Crippen molar-refractivity contribution >= 4 is 18.0 Å². The zero-order chi connectivity index (χ0) is 12.7. The summed E-state index contributed by atoms with van der Waals surface area (Å²) in [5.41, 5.74) is 3.01. The molecule has 1 aromatic rings. The van der Waals surface area contributed by atoms with Crippen LogP contribution < -0.4 is 15.2 Å². The van der Waals surface area contributed by atoms with Gasteiger partial charge < -0.3 is 4.74 Å². The van der Waals surface area contributed by atoms with E-state index >= 15 is 0 Å². The van der Waals surface area contributed by atoms with Crippen LogP contribution in [0.15, 0.2) is 24.3 Å². The second-order valence-corrected chi connectivity index (χ2v) is 3.43. The Hall–Kier alpha value is -2.04. The predicted octanol–water partition coefficient (Wildman–Crippen LogP) is 1.49. The number of anilines is 1. The van der Waals surface area contributed by atoms with E-state index in [4.69, 9.17) is 4.74 Å². The number of carbonyl (C=O) groups is 2. The van der Waals surface area contributed by atoms with Crippen LogP contribution in [0.5, 0.6) is 5.75 Å². The average Bonchev–Trinajstić information content (AvgIpc) is 2.36. The van der Waals surface area contributed by atoms with Crippen molar-refractivity contribution in [2.45, 2.75) is 19.8 Å². The lowest BCUT2D eigenvalue weighted by molar-refractivity contribution is -0.123. The molecule has 0 bridgehead atoms. The van der Waals surface area contributed by atoms with Gasteiger partial charge in [-0.05, 0) is 18.6 Å². The molecule has 5 heteroatoms. The number of methoxy groups -OCH3 is 1. The van der Waals surface area contributed by atoms with E-state index in [1.165, 1.54) is 7.11 Å². The van der Waals surface area contributed by atoms with Crippen molar-refractivity contribution in [1.29, 1.82) is 0 Å². The molecular formula is C12H16N2O3. The third kappa shape index (κ3) is 3.48. The number of carbonyl (C=O) groups excluding carboxylic acids is 2. The van der Waals surface area contributed by atoms with Gasteiger partial charge in [0.1, 0.15) is 11.4 Å². The van der Waals surface area contributed by atoms with Crippen molar-refractivity contribution in [2.75, 3.05) is 12.1 Å². The molecule has 5 nitrogen and oxygen atoms in total. The lowest BCUT2D eigenvalue weighted by Gasteiger charge is -2.20. The normalized spacial score (nSPS) is 9.53. The summed E-state index contributed by atoms with van der Waals surface area (Å²) >= 11 is 0. The van der Waals surface area contributed by atoms with E-state index < -0.39 is 0 Å². The van der Waals surface area contributed by atoms with Crippen LogP contribution in [0.25, 0.3) is 0 Å². The first kappa shape index (κ1) is 13.0. The van der Waals surface area contributed by atoms with Gasteiger partial charge in [0.2, 0.25) is 12.3 Å². The first-order chi connectivity index (χ1) is 8.22. The average molecular weight is 236 g/mol. The van der Waals surface area contributed by atoms with Crippen LogP contribution in [-0.2, 0) is 9.59 Å². The van der Waals surface area contributed by atoms with Gasteiger partial charge in [0.05, 0.1) is 7.11 Å². The van der Waals surface area contributed by atoms with Crippen LogP contribution in [0.1, 0.15) is 19.8 Å². The maximum atomic E-state index is 11.4. The van der Waals surface area contributed by atoms with E-state index in [0.717, 1.165) is 11.4 Å². The fourth-order valence-electron chi connectivity index (χ4n) is 1.39. The Morgan fingerprint density at radius 1 is 1.47 bits per heavy atom. The zero-order valence-corrected chi connectivity index (χ0v) is 9.97. The highest BCUT2D eigenvalue weighted by Crippen LogP contribution is 2.25. The Morgan fingerprint density at radius 3 is 2.76 bits per heavy atom. The van der Waals surface area contributed by atoms with E-state index in [-0.39, 0.29) is 5.91 Å². The molecule has 0 saturated carbocycles. The smallest absolute Gasteiger partial charge is 0.238 e. The summed E-state index contributed by atoms with van der Waals surface area (Å²) in [4.78, 5) is 22.4. The lowest BCUT2D eigenvalue weighted by Crippen LogP contribution is -2.41. The zero-order valence-electron chi connectivity index (χ0n) is 9.97. The van der Waals surface area contributed by atoms with Gasteiger partial charge in [-0.25, -0.2) is 5.01 Å². The number of amides is 2. The largest absolute Gasteiger partial charge is 0.494 e. The van der Waals surface area contributed by atoms with Crippen molar-refractivity contribution < 1.29 is 14.3 Å². The van der Waals surface area contributed by atoms with Crippen LogP contribution in [0, 0.1) is 0 Å². The number of benzene rings is 1. The van der Waals surface area contributed by atoms with E-state index in [2.05, 4.69) is 5.43 Å². The molecule has 0 saturated heterocycles. The van der Waals surface area contributed by atoms with Crippen molar-refractivity contribution in [3.05, 3.63) is 24.3 Å². The number of ether oxygens (including phenoxy) is 1. The first-order valence-electron chi connectivity index (χ1n) is 5.40. The van der Waals surface area contributed by atoms with Gasteiger partial charge in [0.25, 0.3) is 0 Å². The van der Waals surface area contributed by atoms with Crippen LogP contribution in [0.2, 0.25) is 0 Å². The van der Waals surface area contributed by atoms with Gasteiger partial charge in [0.15, 0.2) is 0 Å². The molecular weight excluding hydrogens is 220 g/mol. The molecule has 0 aliphatic heterocycles. The fraction of sp³-hybridized carbons (Fsp3) is 0.333. The highest BCUT2D eigenvalue weighted by molar-refractivity contribution is 5.86. The predicted molar refractivity (Wildman–Crippen MR) is 64.6 cm³/mol. The minimum absolute atomic E-state index is 0.203. The minimum atomic E-state index is -0.203. The Kier molecular flexibility index (Phi) is 5.00. The topological polar surface area (TPSA) is 58.6 Å². The van der Waals surface area contributed by atoms with Gasteiger partial charge in [0, 0.05) is 6.42 Å². The molecule has 17 heavy (non-hydrogen) atoms. The summed E-state index contributed by atoms with van der Waals surface area (Å²) in [7, 11) is 1.51. The molecule has 0 aromatic heterocycles. The molecule has 0 aliphatic carbocycles. The third-order valence-corrected chi connectivity index (χ3v) is 2.17. The Morgan fingerprint density at radius 2 is 2.18 bits per heavy atom. The second kappa shape index (κ2) is 6.52. The molecule has 0 radical (unpaired) electrons. The van der Waals surface area contributed by atoms with Crippen LogP contribution in [0.4, 0.5) is 5.69 Å². The quantitative estimate of drug-likeness (QED) is 0.601. The molecule has 0 aliphatic rings. The highest BCUT2D eigenvalue weighted by atomic mass is 16.5. The van der Waals surface area contributed by atoms with Crippen molar-refractivity contribution in [2.24, 2.45) is 0 Å². The number of nitrogens with zero attached hydrogens (tertiary/aromatic N) is 1. The lowest BCUT2D eigenvalue weighted by atomic mass is 10.3. The summed E-state index contributed by atoms with van der Waals surface area (Å²) in [6, 6.07) is 6.97. The maximum Gasteiger partial charge on any atom is 0.238 e. The number of hydrogen-bond acceptors (Lipinski definition) is 3. The van der Waals surface area contributed by atoms with Crippen molar-refractivity contribution in [3.8, 4) is 5.75 Å². The summed E-state index contributed by atoms with van der Waals surface area (Å²) < 4.78 is 5.12. The summed E-state index contributed by atoms with van der Waals surface area (Å²) in [5, 5.41) is 1.12. The van der Waals surface area contributed by atoms with Crippen LogP contribution in [-0.4, -0.2) is 19.4 Å². The number of nitrogens with one attached hydrogen (secondary N) is 1. The van der Waals surface area contributed by atoms with E-state index in [1.54, 1.807) is 24.3 Å². The first-order valence-corrected chi connectivity index (χ1v) is 5.40. The number of para-hydroxylation sites is 2. The van der Waals surface area contributed by atoms with E-state index in [1.807, 2.05) is 6.92 Å². The summed E-state index contributed by atoms with van der Waals surface area (Å²) in [6.45, 7) is 1.90. The van der Waals surface area contributed by atoms with E-state index in [9.17, 15) is 9.59 Å².